The van der Waals surface area contributed by atoms with Crippen LogP contribution >= 0.6 is 0 Å². The van der Waals surface area contributed by atoms with E-state index in [2.05, 4.69) is 33.8 Å². The minimum Gasteiger partial charge on any atom is -0.461 e. The Hall–Kier alpha value is -0.830. The summed E-state index contributed by atoms with van der Waals surface area (Å²) in [5.74, 6) is 0.322. The van der Waals surface area contributed by atoms with Gasteiger partial charge in [0, 0.05) is 17.8 Å². The van der Waals surface area contributed by atoms with Crippen molar-refractivity contribution >= 4 is 5.97 Å². The third-order valence-corrected chi connectivity index (χ3v) is 4.26. The number of rotatable bonds is 4. The summed E-state index contributed by atoms with van der Waals surface area (Å²) in [6.45, 7) is 13.9. The van der Waals surface area contributed by atoms with Crippen molar-refractivity contribution in [2.75, 3.05) is 0 Å². The zero-order valence-electron chi connectivity index (χ0n) is 14.0. The predicted octanol–water partition coefficient (Wildman–Crippen LogP) is 3.71. The van der Waals surface area contributed by atoms with E-state index in [1.54, 1.807) is 0 Å². The fraction of sp³-hybridized carbons (Fsp3) is 0.824. The van der Waals surface area contributed by atoms with Crippen molar-refractivity contribution in [3.8, 4) is 0 Å². The number of ether oxygens (including phenoxy) is 1. The molecule has 3 heteroatoms. The van der Waals surface area contributed by atoms with Gasteiger partial charge in [-0.15, -0.1) is 0 Å². The van der Waals surface area contributed by atoms with Crippen LogP contribution in [0.1, 0.15) is 61.3 Å². The molecule has 0 heterocycles. The summed E-state index contributed by atoms with van der Waals surface area (Å²) in [6.07, 6.45) is 3.20. The molecular weight excluding hydrogens is 252 g/mol. The summed E-state index contributed by atoms with van der Waals surface area (Å²) in [7, 11) is 0. The van der Waals surface area contributed by atoms with E-state index < -0.39 is 11.5 Å². The summed E-state index contributed by atoms with van der Waals surface area (Å²) >= 11 is 0. The predicted molar refractivity (Wildman–Crippen MR) is 81.3 cm³/mol. The molecule has 116 valence electrons. The number of hydrogen-bond acceptors (Lipinski definition) is 3. The smallest absolute Gasteiger partial charge is 0.302 e. The maximum atomic E-state index is 11.4. The van der Waals surface area contributed by atoms with Gasteiger partial charge in [0.2, 0.25) is 0 Å². The summed E-state index contributed by atoms with van der Waals surface area (Å²) in [5.41, 5.74) is 0.342. The molecule has 0 spiro atoms. The van der Waals surface area contributed by atoms with Crippen LogP contribution in [0, 0.1) is 16.7 Å². The van der Waals surface area contributed by atoms with Crippen LogP contribution in [0.3, 0.4) is 0 Å². The minimum absolute atomic E-state index is 0.263. The van der Waals surface area contributed by atoms with Crippen molar-refractivity contribution in [2.24, 2.45) is 16.7 Å². The number of aliphatic hydroxyl groups excluding tert-OH is 1. The summed E-state index contributed by atoms with van der Waals surface area (Å²) in [5, 5.41) is 10.7. The molecule has 20 heavy (non-hydrogen) atoms. The van der Waals surface area contributed by atoms with Crippen LogP contribution in [-0.4, -0.2) is 23.3 Å². The first-order chi connectivity index (χ1) is 8.98. The van der Waals surface area contributed by atoms with Crippen LogP contribution in [0.15, 0.2) is 11.6 Å². The largest absolute Gasteiger partial charge is 0.461 e. The van der Waals surface area contributed by atoms with Gasteiger partial charge in [0.25, 0.3) is 0 Å². The molecule has 0 saturated heterocycles. The van der Waals surface area contributed by atoms with Crippen molar-refractivity contribution in [1.82, 2.24) is 0 Å². The van der Waals surface area contributed by atoms with Crippen LogP contribution in [0.2, 0.25) is 0 Å². The first-order valence-corrected chi connectivity index (χ1v) is 7.55. The van der Waals surface area contributed by atoms with Crippen molar-refractivity contribution < 1.29 is 14.6 Å². The number of esters is 1. The zero-order chi connectivity index (χ0) is 15.7. The van der Waals surface area contributed by atoms with E-state index >= 15 is 0 Å². The Morgan fingerprint density at radius 2 is 1.90 bits per heavy atom. The van der Waals surface area contributed by atoms with Crippen molar-refractivity contribution in [3.05, 3.63) is 11.6 Å². The highest BCUT2D eigenvalue weighted by atomic mass is 16.5. The van der Waals surface area contributed by atoms with Gasteiger partial charge in [0.1, 0.15) is 6.10 Å². The molecule has 0 aliphatic heterocycles. The molecule has 0 radical (unpaired) electrons. The fourth-order valence-corrected chi connectivity index (χ4v) is 3.35. The quantitative estimate of drug-likeness (QED) is 0.631. The second kappa shape index (κ2) is 5.88. The van der Waals surface area contributed by atoms with Gasteiger partial charge in [-0.05, 0) is 24.3 Å². The Kier molecular flexibility index (Phi) is 5.07. The lowest BCUT2D eigenvalue weighted by atomic mass is 9.62. The minimum atomic E-state index is -0.557. The molecule has 0 unspecified atom stereocenters. The highest BCUT2D eigenvalue weighted by Crippen LogP contribution is 2.47. The lowest BCUT2D eigenvalue weighted by molar-refractivity contribution is -0.169. The molecule has 3 nitrogen and oxygen atoms in total. The Morgan fingerprint density at radius 3 is 2.35 bits per heavy atom. The standard InChI is InChI=1S/C17H30O3/c1-11(2)8-9-13-10-16(4,5)15(20-12(3)18)17(6,7)14(13)19/h10-11,14-15,19H,8-9H2,1-7H3/t14-,15+/m1/s1. The highest BCUT2D eigenvalue weighted by molar-refractivity contribution is 5.66. The van der Waals surface area contributed by atoms with E-state index in [1.807, 2.05) is 13.8 Å². The maximum absolute atomic E-state index is 11.4. The molecule has 0 aromatic rings. The first kappa shape index (κ1) is 17.2. The molecule has 0 saturated carbocycles. The topological polar surface area (TPSA) is 46.5 Å². The van der Waals surface area contributed by atoms with Crippen LogP contribution in [0.25, 0.3) is 0 Å². The highest BCUT2D eigenvalue weighted by Gasteiger charge is 2.50. The summed E-state index contributed by atoms with van der Waals surface area (Å²) < 4.78 is 5.52. The normalized spacial score (nSPS) is 28.1. The molecule has 1 rings (SSSR count). The summed E-state index contributed by atoms with van der Waals surface area (Å²) in [6, 6.07) is 0. The summed E-state index contributed by atoms with van der Waals surface area (Å²) in [4.78, 5) is 11.4. The lowest BCUT2D eigenvalue weighted by Gasteiger charge is -2.49. The lowest BCUT2D eigenvalue weighted by Crippen LogP contribution is -2.53. The van der Waals surface area contributed by atoms with Gasteiger partial charge in [0.15, 0.2) is 0 Å². The van der Waals surface area contributed by atoms with Gasteiger partial charge in [-0.25, -0.2) is 0 Å². The molecule has 0 bridgehead atoms. The SMILES string of the molecule is CC(=O)O[C@H]1C(C)(C)C=C(CCC(C)C)[C@@H](O)C1(C)C. The van der Waals surface area contributed by atoms with Crippen LogP contribution in [0.5, 0.6) is 0 Å². The van der Waals surface area contributed by atoms with Crippen LogP contribution in [-0.2, 0) is 9.53 Å². The van der Waals surface area contributed by atoms with Crippen molar-refractivity contribution in [2.45, 2.75) is 73.5 Å². The van der Waals surface area contributed by atoms with Gasteiger partial charge in [-0.1, -0.05) is 47.6 Å². The number of hydrogen-bond donors (Lipinski definition) is 1. The number of carbonyl (C=O) groups excluding carboxylic acids is 1. The van der Waals surface area contributed by atoms with E-state index in [4.69, 9.17) is 4.74 Å². The average Bonchev–Trinajstić information content (AvgIpc) is 2.28. The Labute approximate surface area is 123 Å². The average molecular weight is 282 g/mol. The Balaban J connectivity index is 3.08. The molecule has 1 N–H and O–H groups in total. The van der Waals surface area contributed by atoms with Crippen molar-refractivity contribution in [1.29, 1.82) is 0 Å². The van der Waals surface area contributed by atoms with E-state index in [1.165, 1.54) is 6.92 Å². The molecule has 1 aliphatic rings. The van der Waals surface area contributed by atoms with E-state index in [-0.39, 0.29) is 17.5 Å². The monoisotopic (exact) mass is 282 g/mol. The fourth-order valence-electron chi connectivity index (χ4n) is 3.35. The van der Waals surface area contributed by atoms with E-state index in [0.29, 0.717) is 5.92 Å². The molecule has 0 aromatic carbocycles. The van der Waals surface area contributed by atoms with Gasteiger partial charge < -0.3 is 9.84 Å². The molecular formula is C17H30O3. The Morgan fingerprint density at radius 1 is 1.35 bits per heavy atom. The number of carbonyl (C=O) groups is 1. The first-order valence-electron chi connectivity index (χ1n) is 7.55. The van der Waals surface area contributed by atoms with Crippen molar-refractivity contribution in [3.63, 3.8) is 0 Å². The van der Waals surface area contributed by atoms with Gasteiger partial charge >= 0.3 is 5.97 Å². The second-order valence-corrected chi connectivity index (χ2v) is 7.69. The third-order valence-electron chi connectivity index (χ3n) is 4.26. The van der Waals surface area contributed by atoms with Crippen LogP contribution < -0.4 is 0 Å². The molecule has 2 atom stereocenters. The maximum Gasteiger partial charge on any atom is 0.302 e. The van der Waals surface area contributed by atoms with Gasteiger partial charge in [-0.2, -0.15) is 0 Å². The van der Waals surface area contributed by atoms with E-state index in [0.717, 1.165) is 18.4 Å². The van der Waals surface area contributed by atoms with E-state index in [9.17, 15) is 9.90 Å². The third kappa shape index (κ3) is 3.63. The van der Waals surface area contributed by atoms with Gasteiger partial charge in [-0.3, -0.25) is 4.79 Å². The second-order valence-electron chi connectivity index (χ2n) is 7.69. The molecule has 1 aliphatic carbocycles. The molecule has 0 fully saturated rings. The van der Waals surface area contributed by atoms with Gasteiger partial charge in [0.05, 0.1) is 6.10 Å². The Bertz CT molecular complexity index is 391. The number of aliphatic hydroxyl groups is 1. The van der Waals surface area contributed by atoms with Crippen LogP contribution in [0.4, 0.5) is 0 Å². The molecule has 0 aromatic heterocycles. The zero-order valence-corrected chi connectivity index (χ0v) is 14.0. The molecule has 0 amide bonds.